The summed E-state index contributed by atoms with van der Waals surface area (Å²) in [5.74, 6) is -0.494. The summed E-state index contributed by atoms with van der Waals surface area (Å²) in [5.41, 5.74) is 1.71. The largest absolute Gasteiger partial charge is 0.326 e. The summed E-state index contributed by atoms with van der Waals surface area (Å²) >= 11 is 0. The summed E-state index contributed by atoms with van der Waals surface area (Å²) < 4.78 is 0. The molecular weight excluding hydrogens is 310 g/mol. The Kier molecular flexibility index (Phi) is 5.26. The first kappa shape index (κ1) is 17.1. The van der Waals surface area contributed by atoms with Crippen molar-refractivity contribution in [1.29, 1.82) is 0 Å². The first-order chi connectivity index (χ1) is 11.4. The minimum absolute atomic E-state index is 0.0505. The van der Waals surface area contributed by atoms with Crippen LogP contribution in [0, 0.1) is 17.0 Å². The third-order valence-corrected chi connectivity index (χ3v) is 3.50. The van der Waals surface area contributed by atoms with E-state index in [2.05, 4.69) is 10.6 Å². The van der Waals surface area contributed by atoms with Gasteiger partial charge in [-0.2, -0.15) is 0 Å². The maximum absolute atomic E-state index is 12.3. The topological polar surface area (TPSA) is 101 Å². The van der Waals surface area contributed by atoms with Gasteiger partial charge in [0.05, 0.1) is 16.2 Å². The molecule has 0 spiro atoms. The van der Waals surface area contributed by atoms with Crippen molar-refractivity contribution < 1.29 is 14.5 Å². The molecule has 0 aliphatic rings. The van der Waals surface area contributed by atoms with E-state index in [1.54, 1.807) is 44.2 Å². The highest BCUT2D eigenvalue weighted by atomic mass is 16.6. The van der Waals surface area contributed by atoms with E-state index in [4.69, 9.17) is 0 Å². The number of benzene rings is 2. The second-order valence-electron chi connectivity index (χ2n) is 5.14. The van der Waals surface area contributed by atoms with Gasteiger partial charge in [0.2, 0.25) is 5.91 Å². The van der Waals surface area contributed by atoms with Crippen molar-refractivity contribution in [2.45, 2.75) is 20.3 Å². The van der Waals surface area contributed by atoms with E-state index >= 15 is 0 Å². The standard InChI is InChI=1S/C17H17N3O4/c1-3-16(21)18-13-9-7-12(8-10-13)17(22)19-14-5-4-6-15(11(14)2)20(23)24/h4-10H,3H2,1-2H3,(H,18,21)(H,19,22). The lowest BCUT2D eigenvalue weighted by atomic mass is 10.1. The maximum Gasteiger partial charge on any atom is 0.274 e. The molecule has 0 aliphatic heterocycles. The van der Waals surface area contributed by atoms with E-state index in [0.717, 1.165) is 0 Å². The zero-order valence-corrected chi connectivity index (χ0v) is 13.3. The summed E-state index contributed by atoms with van der Waals surface area (Å²) in [4.78, 5) is 34.0. The Labute approximate surface area is 138 Å². The fourth-order valence-corrected chi connectivity index (χ4v) is 2.11. The summed E-state index contributed by atoms with van der Waals surface area (Å²) in [7, 11) is 0. The van der Waals surface area contributed by atoms with Gasteiger partial charge in [-0.25, -0.2) is 0 Å². The van der Waals surface area contributed by atoms with Crippen LogP contribution in [-0.4, -0.2) is 16.7 Å². The average molecular weight is 327 g/mol. The lowest BCUT2D eigenvalue weighted by Crippen LogP contribution is -2.14. The number of rotatable bonds is 5. The number of anilines is 2. The molecule has 0 aliphatic carbocycles. The van der Waals surface area contributed by atoms with E-state index in [9.17, 15) is 19.7 Å². The zero-order chi connectivity index (χ0) is 17.7. The molecular formula is C17H17N3O4. The van der Waals surface area contributed by atoms with Gasteiger partial charge in [-0.05, 0) is 37.3 Å². The fourth-order valence-electron chi connectivity index (χ4n) is 2.11. The van der Waals surface area contributed by atoms with E-state index in [0.29, 0.717) is 28.9 Å². The van der Waals surface area contributed by atoms with Crippen LogP contribution in [0.15, 0.2) is 42.5 Å². The van der Waals surface area contributed by atoms with Crippen molar-refractivity contribution in [1.82, 2.24) is 0 Å². The molecule has 0 heterocycles. The van der Waals surface area contributed by atoms with Gasteiger partial charge in [-0.15, -0.1) is 0 Å². The first-order valence-electron chi connectivity index (χ1n) is 7.37. The van der Waals surface area contributed by atoms with Crippen LogP contribution in [0.3, 0.4) is 0 Å². The van der Waals surface area contributed by atoms with Crippen LogP contribution in [0.2, 0.25) is 0 Å². The molecule has 0 atom stereocenters. The Morgan fingerprint density at radius 2 is 1.75 bits per heavy atom. The molecule has 24 heavy (non-hydrogen) atoms. The van der Waals surface area contributed by atoms with Gasteiger partial charge >= 0.3 is 0 Å². The molecule has 2 aromatic carbocycles. The van der Waals surface area contributed by atoms with Crippen LogP contribution in [0.4, 0.5) is 17.1 Å². The van der Waals surface area contributed by atoms with Crippen molar-refractivity contribution in [3.05, 3.63) is 63.7 Å². The predicted molar refractivity (Wildman–Crippen MR) is 91.1 cm³/mol. The summed E-state index contributed by atoms with van der Waals surface area (Å²) in [5, 5.41) is 16.3. The van der Waals surface area contributed by atoms with Crippen LogP contribution in [-0.2, 0) is 4.79 Å². The van der Waals surface area contributed by atoms with Gasteiger partial charge in [0.1, 0.15) is 0 Å². The highest BCUT2D eigenvalue weighted by Crippen LogP contribution is 2.25. The third-order valence-electron chi connectivity index (χ3n) is 3.50. The summed E-state index contributed by atoms with van der Waals surface area (Å²) in [6.07, 6.45) is 0.369. The molecule has 7 heteroatoms. The number of nitrogens with one attached hydrogen (secondary N) is 2. The maximum atomic E-state index is 12.3. The molecule has 2 aromatic rings. The van der Waals surface area contributed by atoms with Crippen LogP contribution in [0.25, 0.3) is 0 Å². The van der Waals surface area contributed by atoms with Gasteiger partial charge in [0.15, 0.2) is 0 Å². The molecule has 124 valence electrons. The molecule has 2 N–H and O–H groups in total. The normalized spacial score (nSPS) is 10.1. The molecule has 0 bridgehead atoms. The smallest absolute Gasteiger partial charge is 0.274 e. The van der Waals surface area contributed by atoms with Crippen LogP contribution in [0.1, 0.15) is 29.3 Å². The fraction of sp³-hybridized carbons (Fsp3) is 0.176. The number of carbonyl (C=O) groups is 2. The van der Waals surface area contributed by atoms with Crippen molar-refractivity contribution in [3.8, 4) is 0 Å². The summed E-state index contributed by atoms with van der Waals surface area (Å²) in [6, 6.07) is 10.9. The Bertz CT molecular complexity index is 785. The molecule has 2 rings (SSSR count). The molecule has 0 fully saturated rings. The second kappa shape index (κ2) is 7.36. The molecule has 0 saturated heterocycles. The number of nitro groups is 1. The number of hydrogen-bond donors (Lipinski definition) is 2. The number of nitrogens with zero attached hydrogens (tertiary/aromatic N) is 1. The molecule has 0 radical (unpaired) electrons. The van der Waals surface area contributed by atoms with Gasteiger partial charge in [0.25, 0.3) is 11.6 Å². The number of carbonyl (C=O) groups excluding carboxylic acids is 2. The van der Waals surface area contributed by atoms with E-state index < -0.39 is 4.92 Å². The zero-order valence-electron chi connectivity index (χ0n) is 13.3. The van der Waals surface area contributed by atoms with Crippen LogP contribution >= 0.6 is 0 Å². The molecule has 7 nitrogen and oxygen atoms in total. The number of amides is 2. The Balaban J connectivity index is 2.14. The lowest BCUT2D eigenvalue weighted by molar-refractivity contribution is -0.385. The predicted octanol–water partition coefficient (Wildman–Crippen LogP) is 3.50. The molecule has 0 saturated carbocycles. The highest BCUT2D eigenvalue weighted by molar-refractivity contribution is 6.05. The van der Waals surface area contributed by atoms with Crippen LogP contribution < -0.4 is 10.6 Å². The van der Waals surface area contributed by atoms with Gasteiger partial charge in [0, 0.05) is 23.7 Å². The molecule has 0 aromatic heterocycles. The first-order valence-corrected chi connectivity index (χ1v) is 7.37. The lowest BCUT2D eigenvalue weighted by Gasteiger charge is -2.09. The third kappa shape index (κ3) is 3.95. The van der Waals surface area contributed by atoms with Gasteiger partial charge < -0.3 is 10.6 Å². The summed E-state index contributed by atoms with van der Waals surface area (Å²) in [6.45, 7) is 3.33. The quantitative estimate of drug-likeness (QED) is 0.648. The minimum Gasteiger partial charge on any atom is -0.326 e. The monoisotopic (exact) mass is 327 g/mol. The number of nitro benzene ring substituents is 1. The van der Waals surface area contributed by atoms with Gasteiger partial charge in [-0.3, -0.25) is 19.7 Å². The molecule has 0 unspecified atom stereocenters. The van der Waals surface area contributed by atoms with Crippen molar-refractivity contribution >= 4 is 28.9 Å². The Morgan fingerprint density at radius 3 is 2.33 bits per heavy atom. The minimum atomic E-state index is -0.490. The average Bonchev–Trinajstić information content (AvgIpc) is 2.57. The van der Waals surface area contributed by atoms with Crippen molar-refractivity contribution in [2.24, 2.45) is 0 Å². The van der Waals surface area contributed by atoms with E-state index in [1.165, 1.54) is 12.1 Å². The Hall–Kier alpha value is -3.22. The van der Waals surface area contributed by atoms with Gasteiger partial charge in [-0.1, -0.05) is 13.0 Å². The Morgan fingerprint density at radius 1 is 1.08 bits per heavy atom. The van der Waals surface area contributed by atoms with E-state index in [-0.39, 0.29) is 17.5 Å². The highest BCUT2D eigenvalue weighted by Gasteiger charge is 2.15. The van der Waals surface area contributed by atoms with E-state index in [1.807, 2.05) is 0 Å². The van der Waals surface area contributed by atoms with Crippen molar-refractivity contribution in [2.75, 3.05) is 10.6 Å². The van der Waals surface area contributed by atoms with Crippen LogP contribution in [0.5, 0.6) is 0 Å². The van der Waals surface area contributed by atoms with Crippen molar-refractivity contribution in [3.63, 3.8) is 0 Å². The molecule has 2 amide bonds. The second-order valence-corrected chi connectivity index (χ2v) is 5.14. The SMILES string of the molecule is CCC(=O)Nc1ccc(C(=O)Nc2cccc([N+](=O)[O-])c2C)cc1. The number of hydrogen-bond acceptors (Lipinski definition) is 4.